The minimum Gasteiger partial charge on any atom is -0.471 e. The molecule has 3 N–H and O–H groups in total. The lowest BCUT2D eigenvalue weighted by Gasteiger charge is -2.01. The Balaban J connectivity index is 1.70. The predicted molar refractivity (Wildman–Crippen MR) is 81.1 cm³/mol. The Hall–Kier alpha value is -2.94. The summed E-state index contributed by atoms with van der Waals surface area (Å²) < 4.78 is 11.3. The van der Waals surface area contributed by atoms with Gasteiger partial charge in [0.1, 0.15) is 32.1 Å². The molecule has 23 heavy (non-hydrogen) atoms. The van der Waals surface area contributed by atoms with Crippen LogP contribution < -0.4 is 15.1 Å². The average molecular weight is 316 g/mol. The molecule has 0 bridgehead atoms. The van der Waals surface area contributed by atoms with Crippen LogP contribution in [-0.2, 0) is 13.1 Å². The zero-order valence-electron chi connectivity index (χ0n) is 12.5. The molecule has 0 unspecified atom stereocenters. The number of pyridine rings is 1. The molecule has 3 rings (SSSR count). The number of imidazole rings is 1. The number of nitrogens with two attached hydrogens (primary N) is 1. The SMILES string of the molecule is NN=Nc1c(OCCn2cc[n+](CCO)c2)nn2ccccc12. The molecule has 0 spiro atoms. The molecule has 120 valence electrons. The first-order valence-corrected chi connectivity index (χ1v) is 7.18. The highest BCUT2D eigenvalue weighted by molar-refractivity contribution is 5.73. The van der Waals surface area contributed by atoms with Crippen LogP contribution in [0.1, 0.15) is 0 Å². The van der Waals surface area contributed by atoms with Crippen LogP contribution in [0.4, 0.5) is 5.69 Å². The largest absolute Gasteiger partial charge is 0.471 e. The van der Waals surface area contributed by atoms with E-state index in [0.29, 0.717) is 31.3 Å². The lowest BCUT2D eigenvalue weighted by atomic mass is 10.4. The van der Waals surface area contributed by atoms with Crippen LogP contribution >= 0.6 is 0 Å². The van der Waals surface area contributed by atoms with E-state index in [-0.39, 0.29) is 6.61 Å². The third-order valence-corrected chi connectivity index (χ3v) is 3.33. The Kier molecular flexibility index (Phi) is 4.48. The Morgan fingerprint density at radius 2 is 2.26 bits per heavy atom. The summed E-state index contributed by atoms with van der Waals surface area (Å²) in [7, 11) is 0. The number of aliphatic hydroxyl groups is 1. The van der Waals surface area contributed by atoms with Crippen molar-refractivity contribution in [3.05, 3.63) is 43.1 Å². The predicted octanol–water partition coefficient (Wildman–Crippen LogP) is 0.452. The van der Waals surface area contributed by atoms with E-state index in [2.05, 4.69) is 15.4 Å². The summed E-state index contributed by atoms with van der Waals surface area (Å²) >= 11 is 0. The molecule has 3 aromatic rings. The Bertz CT molecular complexity index is 808. The maximum Gasteiger partial charge on any atom is 0.262 e. The zero-order valence-corrected chi connectivity index (χ0v) is 12.5. The molecule has 0 saturated carbocycles. The lowest BCUT2D eigenvalue weighted by molar-refractivity contribution is -0.697. The molecule has 0 aromatic carbocycles. The Labute approximate surface area is 132 Å². The number of nitrogens with zero attached hydrogens (tertiary/aromatic N) is 6. The van der Waals surface area contributed by atoms with E-state index >= 15 is 0 Å². The molecular formula is C14H18N7O2+. The molecule has 0 aliphatic carbocycles. The summed E-state index contributed by atoms with van der Waals surface area (Å²) in [6.45, 7) is 1.75. The number of ether oxygens (including phenoxy) is 1. The van der Waals surface area contributed by atoms with Crippen molar-refractivity contribution in [1.82, 2.24) is 14.2 Å². The fourth-order valence-corrected chi connectivity index (χ4v) is 2.28. The van der Waals surface area contributed by atoms with Crippen molar-refractivity contribution in [1.29, 1.82) is 0 Å². The van der Waals surface area contributed by atoms with Crippen molar-refractivity contribution in [2.24, 2.45) is 16.2 Å². The zero-order chi connectivity index (χ0) is 16.1. The molecule has 9 nitrogen and oxygen atoms in total. The normalized spacial score (nSPS) is 11.5. The van der Waals surface area contributed by atoms with Gasteiger partial charge < -0.3 is 15.7 Å². The van der Waals surface area contributed by atoms with Crippen LogP contribution in [0.5, 0.6) is 5.88 Å². The third-order valence-electron chi connectivity index (χ3n) is 3.33. The van der Waals surface area contributed by atoms with Crippen molar-refractivity contribution in [3.63, 3.8) is 0 Å². The second-order valence-corrected chi connectivity index (χ2v) is 4.86. The van der Waals surface area contributed by atoms with Crippen LogP contribution in [0.3, 0.4) is 0 Å². The van der Waals surface area contributed by atoms with Gasteiger partial charge in [0.05, 0.1) is 12.1 Å². The number of hydrogen-bond acceptors (Lipinski definition) is 5. The summed E-state index contributed by atoms with van der Waals surface area (Å²) in [5.41, 5.74) is 1.29. The smallest absolute Gasteiger partial charge is 0.262 e. The van der Waals surface area contributed by atoms with Crippen molar-refractivity contribution in [3.8, 4) is 5.88 Å². The van der Waals surface area contributed by atoms with E-state index in [1.165, 1.54) is 0 Å². The Morgan fingerprint density at radius 1 is 1.35 bits per heavy atom. The number of hydrogen-bond donors (Lipinski definition) is 2. The second kappa shape index (κ2) is 6.88. The van der Waals surface area contributed by atoms with Gasteiger partial charge in [-0.3, -0.25) is 0 Å². The monoisotopic (exact) mass is 316 g/mol. The van der Waals surface area contributed by atoms with Crippen molar-refractivity contribution in [2.75, 3.05) is 13.2 Å². The van der Waals surface area contributed by atoms with E-state index in [0.717, 1.165) is 5.52 Å². The maximum absolute atomic E-state index is 8.91. The number of fused-ring (bicyclic) bond motifs is 1. The van der Waals surface area contributed by atoms with Gasteiger partial charge in [0.15, 0.2) is 5.69 Å². The van der Waals surface area contributed by atoms with E-state index in [1.807, 2.05) is 52.3 Å². The Morgan fingerprint density at radius 3 is 3.09 bits per heavy atom. The summed E-state index contributed by atoms with van der Waals surface area (Å²) in [6.07, 6.45) is 7.53. The van der Waals surface area contributed by atoms with Gasteiger partial charge in [-0.25, -0.2) is 13.6 Å². The second-order valence-electron chi connectivity index (χ2n) is 4.86. The minimum atomic E-state index is 0.111. The number of aliphatic hydroxyl groups excluding tert-OH is 1. The number of rotatable bonds is 7. The molecule has 0 radical (unpaired) electrons. The van der Waals surface area contributed by atoms with Crippen LogP contribution in [0.2, 0.25) is 0 Å². The van der Waals surface area contributed by atoms with Gasteiger partial charge in [-0.2, -0.15) is 0 Å². The van der Waals surface area contributed by atoms with E-state index < -0.39 is 0 Å². The van der Waals surface area contributed by atoms with Gasteiger partial charge in [-0.1, -0.05) is 11.3 Å². The van der Waals surface area contributed by atoms with Crippen LogP contribution in [0.25, 0.3) is 5.52 Å². The van der Waals surface area contributed by atoms with Gasteiger partial charge in [-0.05, 0) is 12.1 Å². The first kappa shape index (κ1) is 15.0. The topological polar surface area (TPSA) is 106 Å². The van der Waals surface area contributed by atoms with Gasteiger partial charge in [0.2, 0.25) is 6.33 Å². The van der Waals surface area contributed by atoms with Crippen LogP contribution in [0, 0.1) is 0 Å². The molecule has 3 aromatic heterocycles. The van der Waals surface area contributed by atoms with E-state index in [4.69, 9.17) is 15.7 Å². The van der Waals surface area contributed by atoms with Crippen molar-refractivity contribution in [2.45, 2.75) is 13.1 Å². The standard InChI is InChI=1S/C14H18N7O2/c15-18-16-13-12-3-1-2-4-21(12)17-14(13)23-10-8-20-6-5-19(11-20)7-9-22/h1-6,11,22H,7-10H2,(H2,15,16)/q+1. The van der Waals surface area contributed by atoms with E-state index in [9.17, 15) is 0 Å². The molecule has 0 saturated heterocycles. The van der Waals surface area contributed by atoms with Crippen molar-refractivity contribution < 1.29 is 14.4 Å². The molecule has 3 heterocycles. The molecular weight excluding hydrogens is 298 g/mol. The maximum atomic E-state index is 8.91. The summed E-state index contributed by atoms with van der Waals surface area (Å²) in [4.78, 5) is 0. The minimum absolute atomic E-state index is 0.111. The van der Waals surface area contributed by atoms with Gasteiger partial charge in [-0.15, -0.1) is 10.2 Å². The molecule has 0 atom stereocenters. The molecule has 0 aliphatic rings. The summed E-state index contributed by atoms with van der Waals surface area (Å²) in [5, 5.41) is 20.5. The average Bonchev–Trinajstić information content (AvgIpc) is 3.14. The highest BCUT2D eigenvalue weighted by Gasteiger charge is 2.14. The van der Waals surface area contributed by atoms with Crippen LogP contribution in [0.15, 0.2) is 53.5 Å². The highest BCUT2D eigenvalue weighted by Crippen LogP contribution is 2.31. The summed E-state index contributed by atoms with van der Waals surface area (Å²) in [5.74, 6) is 5.56. The first-order chi connectivity index (χ1) is 11.3. The van der Waals surface area contributed by atoms with E-state index in [1.54, 1.807) is 4.52 Å². The first-order valence-electron chi connectivity index (χ1n) is 7.18. The van der Waals surface area contributed by atoms with Crippen LogP contribution in [-0.4, -0.2) is 32.5 Å². The molecule has 0 amide bonds. The van der Waals surface area contributed by atoms with Gasteiger partial charge in [0, 0.05) is 6.20 Å². The van der Waals surface area contributed by atoms with Gasteiger partial charge >= 0.3 is 0 Å². The molecule has 9 heteroatoms. The van der Waals surface area contributed by atoms with Gasteiger partial charge in [0.25, 0.3) is 5.88 Å². The quantitative estimate of drug-likeness (QED) is 0.286. The number of aromatic nitrogens is 4. The third kappa shape index (κ3) is 3.29. The fraction of sp³-hybridized carbons (Fsp3) is 0.286. The fourth-order valence-electron chi connectivity index (χ4n) is 2.28. The molecule has 0 fully saturated rings. The molecule has 0 aliphatic heterocycles. The van der Waals surface area contributed by atoms with Crippen molar-refractivity contribution >= 4 is 11.2 Å². The summed E-state index contributed by atoms with van der Waals surface area (Å²) in [6, 6.07) is 5.62. The highest BCUT2D eigenvalue weighted by atomic mass is 16.5. The lowest BCUT2D eigenvalue weighted by Crippen LogP contribution is -2.33.